The molecule has 2 aromatic rings. The fourth-order valence-corrected chi connectivity index (χ4v) is 1.86. The van der Waals surface area contributed by atoms with Gasteiger partial charge >= 0.3 is 5.97 Å². The van der Waals surface area contributed by atoms with Crippen LogP contribution in [0.2, 0.25) is 0 Å². The Morgan fingerprint density at radius 3 is 2.71 bits per heavy atom. The summed E-state index contributed by atoms with van der Waals surface area (Å²) in [5.74, 6) is -3.91. The van der Waals surface area contributed by atoms with E-state index in [9.17, 15) is 18.8 Å². The zero-order valence-electron chi connectivity index (χ0n) is 10.8. The first kappa shape index (κ1) is 14.6. The number of carbonyl (C=O) groups excluding carboxylic acids is 2. The third kappa shape index (κ3) is 3.59. The summed E-state index contributed by atoms with van der Waals surface area (Å²) in [7, 11) is 0. The van der Waals surface area contributed by atoms with Crippen molar-refractivity contribution >= 4 is 17.5 Å². The van der Waals surface area contributed by atoms with E-state index in [1.54, 1.807) is 12.1 Å². The van der Waals surface area contributed by atoms with Crippen LogP contribution in [0, 0.1) is 5.82 Å². The number of carboxylic acids is 1. The highest BCUT2D eigenvalue weighted by atomic mass is 19.1. The predicted octanol–water partition coefficient (Wildman–Crippen LogP) is 1.37. The molecule has 1 aromatic heterocycles. The molecule has 108 valence electrons. The largest absolute Gasteiger partial charge is 0.475 e. The number of Topliss-reactive ketones (excluding diaryl/α,β-unsaturated/α-hetero) is 2. The summed E-state index contributed by atoms with van der Waals surface area (Å²) < 4.78 is 13.1. The number of hydrogen-bond acceptors (Lipinski definition) is 4. The number of H-pyrrole nitrogens is 1. The maximum absolute atomic E-state index is 13.1. The molecule has 0 fully saturated rings. The number of aromatic nitrogens is 2. The second kappa shape index (κ2) is 6.08. The Balaban J connectivity index is 2.17. The number of hydrogen-bond donors (Lipinski definition) is 2. The fourth-order valence-electron chi connectivity index (χ4n) is 1.86. The minimum absolute atomic E-state index is 0.0638. The second-order valence-electron chi connectivity index (χ2n) is 4.41. The van der Waals surface area contributed by atoms with Gasteiger partial charge in [0.05, 0.1) is 12.6 Å². The van der Waals surface area contributed by atoms with E-state index in [-0.39, 0.29) is 12.1 Å². The van der Waals surface area contributed by atoms with Gasteiger partial charge in [-0.2, -0.15) is 5.10 Å². The van der Waals surface area contributed by atoms with E-state index in [2.05, 4.69) is 10.2 Å². The summed E-state index contributed by atoms with van der Waals surface area (Å²) in [6.07, 6.45) is 0.896. The lowest BCUT2D eigenvalue weighted by Crippen LogP contribution is -2.18. The molecule has 0 bridgehead atoms. The molecule has 2 N–H and O–H groups in total. The molecule has 0 spiro atoms. The fraction of sp³-hybridized carbons (Fsp3) is 0.143. The molecular weight excluding hydrogens is 279 g/mol. The number of rotatable bonds is 6. The van der Waals surface area contributed by atoms with Crippen LogP contribution < -0.4 is 0 Å². The van der Waals surface area contributed by atoms with Gasteiger partial charge in [0.2, 0.25) is 5.78 Å². The molecule has 0 saturated carbocycles. The van der Waals surface area contributed by atoms with Gasteiger partial charge in [-0.25, -0.2) is 9.18 Å². The van der Waals surface area contributed by atoms with Gasteiger partial charge in [-0.1, -0.05) is 12.1 Å². The lowest BCUT2D eigenvalue weighted by Gasteiger charge is -2.02. The molecule has 2 rings (SSSR count). The van der Waals surface area contributed by atoms with E-state index in [1.165, 1.54) is 18.3 Å². The molecule has 0 aliphatic heterocycles. The van der Waals surface area contributed by atoms with Crippen LogP contribution in [0.25, 0.3) is 0 Å². The van der Waals surface area contributed by atoms with Crippen molar-refractivity contribution in [1.29, 1.82) is 0 Å². The molecule has 0 unspecified atom stereocenters. The SMILES string of the molecule is O=C(O)C(=O)CC(=O)c1[nH]ncc1Cc1cccc(F)c1. The van der Waals surface area contributed by atoms with Gasteiger partial charge in [-0.15, -0.1) is 0 Å². The summed E-state index contributed by atoms with van der Waals surface area (Å²) in [6.45, 7) is 0. The summed E-state index contributed by atoms with van der Waals surface area (Å²) in [4.78, 5) is 33.4. The van der Waals surface area contributed by atoms with Crippen LogP contribution in [-0.2, 0) is 16.0 Å². The normalized spacial score (nSPS) is 10.3. The average Bonchev–Trinajstić information content (AvgIpc) is 2.86. The number of carboxylic acid groups (broad SMARTS) is 1. The summed E-state index contributed by atoms with van der Waals surface area (Å²) >= 11 is 0. The number of aliphatic carboxylic acids is 1. The minimum atomic E-state index is -1.66. The van der Waals surface area contributed by atoms with Crippen molar-refractivity contribution in [1.82, 2.24) is 10.2 Å². The molecule has 0 radical (unpaired) electrons. The van der Waals surface area contributed by atoms with Crippen molar-refractivity contribution in [3.05, 3.63) is 53.1 Å². The zero-order chi connectivity index (χ0) is 15.4. The maximum atomic E-state index is 13.1. The van der Waals surface area contributed by atoms with Gasteiger partial charge in [-0.05, 0) is 17.7 Å². The van der Waals surface area contributed by atoms with Crippen molar-refractivity contribution in [3.8, 4) is 0 Å². The Morgan fingerprint density at radius 1 is 1.29 bits per heavy atom. The standard InChI is InChI=1S/C14H11FN2O4/c15-10-3-1-2-8(5-10)4-9-7-16-17-13(9)11(18)6-12(19)14(20)21/h1-3,5,7H,4,6H2,(H,16,17)(H,20,21). The number of nitrogens with one attached hydrogen (secondary N) is 1. The zero-order valence-corrected chi connectivity index (χ0v) is 10.8. The highest BCUT2D eigenvalue weighted by Crippen LogP contribution is 2.15. The third-order valence-electron chi connectivity index (χ3n) is 2.84. The molecule has 0 atom stereocenters. The van der Waals surface area contributed by atoms with Crippen LogP contribution in [-0.4, -0.2) is 32.8 Å². The summed E-state index contributed by atoms with van der Waals surface area (Å²) in [5, 5.41) is 14.7. The molecule has 21 heavy (non-hydrogen) atoms. The topological polar surface area (TPSA) is 100 Å². The van der Waals surface area contributed by atoms with E-state index in [0.717, 1.165) is 0 Å². The van der Waals surface area contributed by atoms with E-state index in [4.69, 9.17) is 5.11 Å². The number of carbonyl (C=O) groups is 3. The van der Waals surface area contributed by atoms with Crippen molar-refractivity contribution < 1.29 is 23.9 Å². The quantitative estimate of drug-likeness (QED) is 0.475. The molecule has 0 aliphatic carbocycles. The Bertz CT molecular complexity index is 709. The lowest BCUT2D eigenvalue weighted by atomic mass is 10.0. The number of nitrogens with zero attached hydrogens (tertiary/aromatic N) is 1. The number of aromatic amines is 1. The van der Waals surface area contributed by atoms with E-state index < -0.39 is 29.8 Å². The van der Waals surface area contributed by atoms with Gasteiger partial charge in [0.1, 0.15) is 11.5 Å². The van der Waals surface area contributed by atoms with Crippen molar-refractivity contribution in [2.24, 2.45) is 0 Å². The predicted molar refractivity (Wildman–Crippen MR) is 69.4 cm³/mol. The van der Waals surface area contributed by atoms with E-state index >= 15 is 0 Å². The van der Waals surface area contributed by atoms with Crippen LogP contribution in [0.3, 0.4) is 0 Å². The molecule has 0 aliphatic rings. The first-order chi connectivity index (χ1) is 9.97. The highest BCUT2D eigenvalue weighted by molar-refractivity contribution is 6.37. The highest BCUT2D eigenvalue weighted by Gasteiger charge is 2.21. The van der Waals surface area contributed by atoms with Crippen LogP contribution in [0.15, 0.2) is 30.5 Å². The Labute approximate surface area is 118 Å². The maximum Gasteiger partial charge on any atom is 0.372 e. The van der Waals surface area contributed by atoms with E-state index in [0.29, 0.717) is 11.1 Å². The van der Waals surface area contributed by atoms with Crippen molar-refractivity contribution in [2.45, 2.75) is 12.8 Å². The monoisotopic (exact) mass is 290 g/mol. The molecule has 0 amide bonds. The average molecular weight is 290 g/mol. The van der Waals surface area contributed by atoms with Crippen LogP contribution in [0.5, 0.6) is 0 Å². The van der Waals surface area contributed by atoms with Gasteiger partial charge in [0, 0.05) is 12.0 Å². The van der Waals surface area contributed by atoms with Crippen LogP contribution in [0.1, 0.15) is 28.0 Å². The smallest absolute Gasteiger partial charge is 0.372 e. The molecule has 6 nitrogen and oxygen atoms in total. The molecule has 1 aromatic carbocycles. The minimum Gasteiger partial charge on any atom is -0.475 e. The van der Waals surface area contributed by atoms with Gasteiger partial charge in [0.25, 0.3) is 0 Å². The van der Waals surface area contributed by atoms with Crippen LogP contribution in [0.4, 0.5) is 4.39 Å². The molecular formula is C14H11FN2O4. The van der Waals surface area contributed by atoms with Crippen molar-refractivity contribution in [2.75, 3.05) is 0 Å². The number of ketones is 2. The first-order valence-electron chi connectivity index (χ1n) is 6.03. The Hall–Kier alpha value is -2.83. The Morgan fingerprint density at radius 2 is 2.05 bits per heavy atom. The summed E-state index contributed by atoms with van der Waals surface area (Å²) in [6, 6.07) is 5.85. The summed E-state index contributed by atoms with van der Waals surface area (Å²) in [5.41, 5.74) is 1.17. The Kier molecular flexibility index (Phi) is 4.22. The number of halogens is 1. The third-order valence-corrected chi connectivity index (χ3v) is 2.84. The number of benzene rings is 1. The van der Waals surface area contributed by atoms with Crippen LogP contribution >= 0.6 is 0 Å². The van der Waals surface area contributed by atoms with E-state index in [1.807, 2.05) is 0 Å². The molecule has 0 saturated heterocycles. The van der Waals surface area contributed by atoms with Gasteiger partial charge in [0.15, 0.2) is 5.78 Å². The van der Waals surface area contributed by atoms with Crippen molar-refractivity contribution in [3.63, 3.8) is 0 Å². The lowest BCUT2D eigenvalue weighted by molar-refractivity contribution is -0.148. The molecule has 1 heterocycles. The van der Waals surface area contributed by atoms with Gasteiger partial charge in [-0.3, -0.25) is 14.7 Å². The first-order valence-corrected chi connectivity index (χ1v) is 6.03. The van der Waals surface area contributed by atoms with Gasteiger partial charge < -0.3 is 5.11 Å². The molecule has 7 heteroatoms. The second-order valence-corrected chi connectivity index (χ2v) is 4.41.